The highest BCUT2D eigenvalue weighted by Gasteiger charge is 2.69. The number of rotatable bonds is 4. The van der Waals surface area contributed by atoms with E-state index in [-0.39, 0.29) is 17.8 Å². The normalized spacial score (nSPS) is 43.7. The molecule has 4 heterocycles. The van der Waals surface area contributed by atoms with Crippen molar-refractivity contribution in [1.29, 1.82) is 0 Å². The fraction of sp³-hybridized carbons (Fsp3) is 0.708. The quantitative estimate of drug-likeness (QED) is 0.489. The number of esters is 1. The Labute approximate surface area is 188 Å². The van der Waals surface area contributed by atoms with E-state index in [1.807, 2.05) is 19.1 Å². The summed E-state index contributed by atoms with van der Waals surface area (Å²) in [6, 6.07) is 8.07. The summed E-state index contributed by atoms with van der Waals surface area (Å²) in [7, 11) is 1.41. The Kier molecular flexibility index (Phi) is 5.62. The summed E-state index contributed by atoms with van der Waals surface area (Å²) < 4.78 is 17.8. The molecule has 6 rings (SSSR count). The van der Waals surface area contributed by atoms with E-state index in [1.165, 1.54) is 13.5 Å². The molecule has 5 aliphatic rings. The molecule has 2 bridgehead atoms. The zero-order valence-corrected chi connectivity index (χ0v) is 19.5. The molecule has 4 aliphatic heterocycles. The molecule has 1 aromatic carbocycles. The van der Waals surface area contributed by atoms with Crippen molar-refractivity contribution in [3.8, 4) is 0 Å². The van der Waals surface area contributed by atoms with Crippen LogP contribution in [0.15, 0.2) is 29.2 Å². The van der Waals surface area contributed by atoms with E-state index in [0.29, 0.717) is 23.7 Å². The third-order valence-corrected chi connectivity index (χ3v) is 9.17. The van der Waals surface area contributed by atoms with Crippen molar-refractivity contribution in [2.75, 3.05) is 7.11 Å². The van der Waals surface area contributed by atoms with Crippen LogP contribution in [0.4, 0.5) is 0 Å². The first-order valence-electron chi connectivity index (χ1n) is 11.4. The minimum Gasteiger partial charge on any atom is -0.469 e. The van der Waals surface area contributed by atoms with Crippen LogP contribution in [0.5, 0.6) is 0 Å². The molecule has 0 N–H and O–H groups in total. The summed E-state index contributed by atoms with van der Waals surface area (Å²) in [6.07, 6.45) is 4.03. The van der Waals surface area contributed by atoms with Crippen LogP contribution >= 0.6 is 11.8 Å². The van der Waals surface area contributed by atoms with Crippen LogP contribution in [0.2, 0.25) is 0 Å². The van der Waals surface area contributed by atoms with Gasteiger partial charge in [-0.2, -0.15) is 0 Å². The molecule has 6 nitrogen and oxygen atoms in total. The summed E-state index contributed by atoms with van der Waals surface area (Å²) in [6.45, 7) is 6.56. The van der Waals surface area contributed by atoms with Gasteiger partial charge in [-0.05, 0) is 61.6 Å². The van der Waals surface area contributed by atoms with Crippen molar-refractivity contribution >= 4 is 17.7 Å². The topological polar surface area (TPSA) is 63.2 Å². The van der Waals surface area contributed by atoms with Gasteiger partial charge in [-0.25, -0.2) is 9.78 Å². The molecule has 1 spiro atoms. The van der Waals surface area contributed by atoms with E-state index in [2.05, 4.69) is 26.0 Å². The highest BCUT2D eigenvalue weighted by molar-refractivity contribution is 7.99. The van der Waals surface area contributed by atoms with Gasteiger partial charge in [0, 0.05) is 17.2 Å². The predicted octanol–water partition coefficient (Wildman–Crippen LogP) is 4.70. The smallest absolute Gasteiger partial charge is 0.309 e. The van der Waals surface area contributed by atoms with E-state index < -0.39 is 17.7 Å². The fourth-order valence-electron chi connectivity index (χ4n) is 6.07. The van der Waals surface area contributed by atoms with Gasteiger partial charge in [0.2, 0.25) is 5.79 Å². The number of carbonyl (C=O) groups is 1. The molecule has 8 atom stereocenters. The lowest BCUT2D eigenvalue weighted by Crippen LogP contribution is -2.70. The number of thioether (sulfide) groups is 1. The van der Waals surface area contributed by atoms with Crippen LogP contribution in [0.1, 0.15) is 52.0 Å². The average molecular weight is 449 g/mol. The number of fused-ring (bicyclic) bond motifs is 2. The maximum Gasteiger partial charge on any atom is 0.309 e. The van der Waals surface area contributed by atoms with Gasteiger partial charge in [0.15, 0.2) is 11.9 Å². The van der Waals surface area contributed by atoms with E-state index in [9.17, 15) is 4.79 Å². The van der Waals surface area contributed by atoms with Crippen LogP contribution in [-0.4, -0.2) is 36.2 Å². The summed E-state index contributed by atoms with van der Waals surface area (Å²) >= 11 is 1.72. The number of hydrogen-bond acceptors (Lipinski definition) is 7. The molecule has 7 heteroatoms. The number of ether oxygens (including phenoxy) is 3. The van der Waals surface area contributed by atoms with Crippen LogP contribution in [0.3, 0.4) is 0 Å². The van der Waals surface area contributed by atoms with E-state index in [1.54, 1.807) is 11.8 Å². The molecule has 0 amide bonds. The van der Waals surface area contributed by atoms with Crippen LogP contribution in [0, 0.1) is 23.7 Å². The number of methoxy groups -OCH3 is 1. The van der Waals surface area contributed by atoms with Crippen LogP contribution < -0.4 is 0 Å². The molecule has 0 radical (unpaired) electrons. The van der Waals surface area contributed by atoms with Gasteiger partial charge >= 0.3 is 5.97 Å². The van der Waals surface area contributed by atoms with Crippen molar-refractivity contribution in [1.82, 2.24) is 0 Å². The standard InChI is InChI=1S/C24H32O6S/c1-14-5-10-19-15(2)21(31-17-8-6-16(7-9-17)13-20(25)26-4)27-22-24(19)18(14)11-12-23(3,28-22)29-30-24/h6-9,14-15,18-19,21-22H,5,10-13H2,1-4H3/t14-,15-,18+,19+,21?,22-,23-,24-/m1/s1. The Hall–Kier alpha value is -1.12. The van der Waals surface area contributed by atoms with Crippen molar-refractivity contribution in [2.45, 2.75) is 80.9 Å². The van der Waals surface area contributed by atoms with Crippen molar-refractivity contribution in [3.63, 3.8) is 0 Å². The number of hydrogen-bond donors (Lipinski definition) is 0. The van der Waals surface area contributed by atoms with Crippen molar-refractivity contribution < 1.29 is 28.8 Å². The Morgan fingerprint density at radius 1 is 1.13 bits per heavy atom. The van der Waals surface area contributed by atoms with Gasteiger partial charge in [0.25, 0.3) is 0 Å². The lowest BCUT2D eigenvalue weighted by Gasteiger charge is -2.60. The molecular formula is C24H32O6S. The highest BCUT2D eigenvalue weighted by Crippen LogP contribution is 2.61. The maximum absolute atomic E-state index is 11.5. The van der Waals surface area contributed by atoms with E-state index >= 15 is 0 Å². The second-order valence-electron chi connectivity index (χ2n) is 9.79. The van der Waals surface area contributed by atoms with Gasteiger partial charge in [-0.3, -0.25) is 4.79 Å². The zero-order valence-electron chi connectivity index (χ0n) is 18.7. The molecule has 1 saturated carbocycles. The SMILES string of the molecule is COC(=O)Cc1ccc(SC2O[C@@H]3O[C@@]4(C)CC[C@H]5[C@H](C)CC[C@@H]([C@H]2C)[C@@]35OO4)cc1. The Balaban J connectivity index is 1.38. The molecule has 1 unspecified atom stereocenters. The lowest BCUT2D eigenvalue weighted by molar-refractivity contribution is -0.568. The number of carbonyl (C=O) groups excluding carboxylic acids is 1. The minimum absolute atomic E-state index is 0.0345. The lowest BCUT2D eigenvalue weighted by atomic mass is 9.58. The highest BCUT2D eigenvalue weighted by atomic mass is 32.2. The molecular weight excluding hydrogens is 416 g/mol. The fourth-order valence-corrected chi connectivity index (χ4v) is 7.19. The minimum atomic E-state index is -0.747. The van der Waals surface area contributed by atoms with Gasteiger partial charge in [0.05, 0.1) is 13.5 Å². The molecule has 0 aromatic heterocycles. The van der Waals surface area contributed by atoms with E-state index in [4.69, 9.17) is 24.0 Å². The monoisotopic (exact) mass is 448 g/mol. The first-order valence-corrected chi connectivity index (χ1v) is 12.2. The summed E-state index contributed by atoms with van der Waals surface area (Å²) in [5.41, 5.74) is 0.390. The third-order valence-electron chi connectivity index (χ3n) is 7.85. The Morgan fingerprint density at radius 3 is 2.65 bits per heavy atom. The number of benzene rings is 1. The zero-order chi connectivity index (χ0) is 21.8. The van der Waals surface area contributed by atoms with Crippen molar-refractivity contribution in [3.05, 3.63) is 29.8 Å². The van der Waals surface area contributed by atoms with E-state index in [0.717, 1.165) is 29.7 Å². The van der Waals surface area contributed by atoms with Gasteiger partial charge < -0.3 is 14.2 Å². The predicted molar refractivity (Wildman–Crippen MR) is 115 cm³/mol. The third kappa shape index (κ3) is 3.62. The molecule has 31 heavy (non-hydrogen) atoms. The van der Waals surface area contributed by atoms with Gasteiger partial charge in [0.1, 0.15) is 5.44 Å². The first-order chi connectivity index (χ1) is 14.8. The van der Waals surface area contributed by atoms with Crippen molar-refractivity contribution in [2.24, 2.45) is 23.7 Å². The molecule has 1 aromatic rings. The summed E-state index contributed by atoms with van der Waals surface area (Å²) in [5, 5.41) is 0. The van der Waals surface area contributed by atoms with Crippen LogP contribution in [-0.2, 0) is 35.2 Å². The molecule has 1 aliphatic carbocycles. The molecule has 5 fully saturated rings. The summed E-state index contributed by atoms with van der Waals surface area (Å²) in [5.74, 6) is 0.586. The van der Waals surface area contributed by atoms with Crippen LogP contribution in [0.25, 0.3) is 0 Å². The van der Waals surface area contributed by atoms with Gasteiger partial charge in [-0.15, -0.1) is 0 Å². The molecule has 170 valence electrons. The second-order valence-corrected chi connectivity index (χ2v) is 11.0. The molecule has 4 saturated heterocycles. The first kappa shape index (κ1) is 21.7. The Bertz CT molecular complexity index is 830. The summed E-state index contributed by atoms with van der Waals surface area (Å²) in [4.78, 5) is 24.7. The van der Waals surface area contributed by atoms with Gasteiger partial charge in [-0.1, -0.05) is 37.7 Å². The largest absolute Gasteiger partial charge is 0.469 e. The Morgan fingerprint density at radius 2 is 1.90 bits per heavy atom. The second kappa shape index (κ2) is 8.03. The average Bonchev–Trinajstić information content (AvgIpc) is 2.99. The maximum atomic E-state index is 11.5.